The van der Waals surface area contributed by atoms with E-state index in [-0.39, 0.29) is 34.4 Å². The number of amides is 1. The topological polar surface area (TPSA) is 89.8 Å². The number of carbonyl (C=O) groups is 2. The Balaban J connectivity index is 1.49. The number of fused-ring (bicyclic) bond motifs is 1. The van der Waals surface area contributed by atoms with Crippen molar-refractivity contribution < 1.29 is 19.2 Å². The number of aryl methyl sites for hydroxylation is 1. The Morgan fingerprint density at radius 3 is 2.62 bits per heavy atom. The standard InChI is InChI=1S/C21H19ClN2O5/c1-13-2-5-19-15(10-13)18(25)12-21(29-19)6-8-23(9-7-21)20(26)14-3-4-16(22)17(11-14)24(27)28/h2-5,10-11H,6-9,12H2,1H3. The minimum absolute atomic E-state index is 0.00725. The van der Waals surface area contributed by atoms with Gasteiger partial charge in [-0.1, -0.05) is 23.2 Å². The second kappa shape index (κ2) is 7.15. The first-order chi connectivity index (χ1) is 13.8. The van der Waals surface area contributed by atoms with Crippen LogP contribution in [0, 0.1) is 17.0 Å². The van der Waals surface area contributed by atoms with Crippen LogP contribution in [0.25, 0.3) is 0 Å². The molecule has 0 N–H and O–H groups in total. The fourth-order valence-electron chi connectivity index (χ4n) is 3.97. The Labute approximate surface area is 172 Å². The average molecular weight is 415 g/mol. The molecule has 2 aromatic carbocycles. The number of rotatable bonds is 2. The van der Waals surface area contributed by atoms with Crippen molar-refractivity contribution in [3.63, 3.8) is 0 Å². The fraction of sp³-hybridized carbons (Fsp3) is 0.333. The third kappa shape index (κ3) is 3.58. The molecule has 2 aliphatic heterocycles. The van der Waals surface area contributed by atoms with Crippen LogP contribution in [0.3, 0.4) is 0 Å². The van der Waals surface area contributed by atoms with Crippen molar-refractivity contribution >= 4 is 29.0 Å². The normalized spacial score (nSPS) is 17.6. The summed E-state index contributed by atoms with van der Waals surface area (Å²) >= 11 is 5.83. The summed E-state index contributed by atoms with van der Waals surface area (Å²) < 4.78 is 6.22. The van der Waals surface area contributed by atoms with Crippen LogP contribution in [0.1, 0.15) is 45.5 Å². The van der Waals surface area contributed by atoms with E-state index in [0.29, 0.717) is 37.2 Å². The third-order valence-electron chi connectivity index (χ3n) is 5.60. The first-order valence-electron chi connectivity index (χ1n) is 9.34. The van der Waals surface area contributed by atoms with E-state index in [9.17, 15) is 19.7 Å². The van der Waals surface area contributed by atoms with Crippen LogP contribution in [0.4, 0.5) is 5.69 Å². The molecule has 0 bridgehead atoms. The van der Waals surface area contributed by atoms with Crippen molar-refractivity contribution in [1.29, 1.82) is 0 Å². The second-order valence-electron chi connectivity index (χ2n) is 7.60. The largest absolute Gasteiger partial charge is 0.486 e. The van der Waals surface area contributed by atoms with Crippen LogP contribution < -0.4 is 4.74 Å². The second-order valence-corrected chi connectivity index (χ2v) is 8.01. The van der Waals surface area contributed by atoms with Crippen LogP contribution in [0.15, 0.2) is 36.4 Å². The summed E-state index contributed by atoms with van der Waals surface area (Å²) in [4.78, 5) is 37.6. The fourth-order valence-corrected chi connectivity index (χ4v) is 4.16. The SMILES string of the molecule is Cc1ccc2c(c1)C(=O)CC1(CCN(C(=O)c3ccc(Cl)c([N+](=O)[O-])c3)CC1)O2. The van der Waals surface area contributed by atoms with Crippen molar-refractivity contribution in [3.8, 4) is 5.75 Å². The third-order valence-corrected chi connectivity index (χ3v) is 5.92. The van der Waals surface area contributed by atoms with E-state index in [4.69, 9.17) is 16.3 Å². The lowest BCUT2D eigenvalue weighted by Crippen LogP contribution is -2.52. The number of benzene rings is 2. The molecule has 8 heteroatoms. The van der Waals surface area contributed by atoms with E-state index >= 15 is 0 Å². The van der Waals surface area contributed by atoms with E-state index in [1.54, 1.807) is 4.90 Å². The van der Waals surface area contributed by atoms with Gasteiger partial charge in [-0.25, -0.2) is 0 Å². The minimum atomic E-state index is -0.609. The van der Waals surface area contributed by atoms with E-state index in [2.05, 4.69) is 0 Å². The van der Waals surface area contributed by atoms with Crippen molar-refractivity contribution in [2.24, 2.45) is 0 Å². The molecule has 4 rings (SSSR count). The molecule has 1 saturated heterocycles. The summed E-state index contributed by atoms with van der Waals surface area (Å²) in [6.07, 6.45) is 1.33. The van der Waals surface area contributed by atoms with Gasteiger partial charge in [-0.2, -0.15) is 0 Å². The number of nitrogens with zero attached hydrogens (tertiary/aromatic N) is 2. The molecule has 2 aromatic rings. The van der Waals surface area contributed by atoms with Gasteiger partial charge in [-0.15, -0.1) is 0 Å². The van der Waals surface area contributed by atoms with E-state index in [0.717, 1.165) is 5.56 Å². The van der Waals surface area contributed by atoms with Crippen LogP contribution in [0.5, 0.6) is 5.75 Å². The Kier molecular flexibility index (Phi) is 4.78. The van der Waals surface area contributed by atoms with Crippen LogP contribution in [0.2, 0.25) is 5.02 Å². The summed E-state index contributed by atoms with van der Waals surface area (Å²) in [5.74, 6) is 0.362. The summed E-state index contributed by atoms with van der Waals surface area (Å²) in [5, 5.41) is 11.1. The zero-order valence-corrected chi connectivity index (χ0v) is 16.6. The van der Waals surface area contributed by atoms with Gasteiger partial charge in [0, 0.05) is 37.6 Å². The Hall–Kier alpha value is -2.93. The van der Waals surface area contributed by atoms with Gasteiger partial charge in [-0.05, 0) is 31.2 Å². The smallest absolute Gasteiger partial charge is 0.288 e. The van der Waals surface area contributed by atoms with Crippen molar-refractivity contribution in [3.05, 3.63) is 68.2 Å². The highest BCUT2D eigenvalue weighted by Gasteiger charge is 2.43. The number of hydrogen-bond donors (Lipinski definition) is 0. The van der Waals surface area contributed by atoms with E-state index in [1.165, 1.54) is 18.2 Å². The maximum Gasteiger partial charge on any atom is 0.288 e. The molecular weight excluding hydrogens is 396 g/mol. The number of hydrogen-bond acceptors (Lipinski definition) is 5. The molecule has 0 saturated carbocycles. The first-order valence-corrected chi connectivity index (χ1v) is 9.72. The Bertz CT molecular complexity index is 1030. The summed E-state index contributed by atoms with van der Waals surface area (Å²) in [6.45, 7) is 2.75. The molecule has 0 radical (unpaired) electrons. The number of ketones is 1. The molecule has 0 atom stereocenters. The van der Waals surface area contributed by atoms with Gasteiger partial charge in [0.15, 0.2) is 5.78 Å². The monoisotopic (exact) mass is 414 g/mol. The predicted octanol–water partition coefficient (Wildman–Crippen LogP) is 4.20. The van der Waals surface area contributed by atoms with E-state index < -0.39 is 10.5 Å². The highest BCUT2D eigenvalue weighted by molar-refractivity contribution is 6.32. The number of nitro groups is 1. The van der Waals surface area contributed by atoms with Gasteiger partial charge >= 0.3 is 0 Å². The highest BCUT2D eigenvalue weighted by Crippen LogP contribution is 2.40. The molecule has 150 valence electrons. The van der Waals surface area contributed by atoms with Crippen molar-refractivity contribution in [2.75, 3.05) is 13.1 Å². The number of nitro benzene ring substituents is 1. The van der Waals surface area contributed by atoms with Crippen LogP contribution in [-0.2, 0) is 0 Å². The van der Waals surface area contributed by atoms with Gasteiger partial charge in [0.1, 0.15) is 16.4 Å². The highest BCUT2D eigenvalue weighted by atomic mass is 35.5. The van der Waals surface area contributed by atoms with Gasteiger partial charge in [0.05, 0.1) is 16.9 Å². The van der Waals surface area contributed by atoms with E-state index in [1.807, 2.05) is 25.1 Å². The molecule has 2 heterocycles. The summed E-state index contributed by atoms with van der Waals surface area (Å²) in [6, 6.07) is 9.64. The minimum Gasteiger partial charge on any atom is -0.486 e. The van der Waals surface area contributed by atoms with Gasteiger partial charge in [0.25, 0.3) is 11.6 Å². The molecule has 2 aliphatic rings. The maximum absolute atomic E-state index is 12.8. The number of ether oxygens (including phenoxy) is 1. The Morgan fingerprint density at radius 2 is 1.93 bits per heavy atom. The molecule has 0 aromatic heterocycles. The number of piperidine rings is 1. The number of carbonyl (C=O) groups excluding carboxylic acids is 2. The molecule has 1 amide bonds. The first kappa shape index (κ1) is 19.4. The summed E-state index contributed by atoms with van der Waals surface area (Å²) in [5.41, 5.74) is 0.941. The average Bonchev–Trinajstić information content (AvgIpc) is 2.69. The summed E-state index contributed by atoms with van der Waals surface area (Å²) in [7, 11) is 0. The van der Waals surface area contributed by atoms with Crippen LogP contribution in [-0.4, -0.2) is 40.2 Å². The number of Topliss-reactive ketones (excluding diaryl/α,β-unsaturated/α-hetero) is 1. The zero-order valence-electron chi connectivity index (χ0n) is 15.8. The molecule has 7 nitrogen and oxygen atoms in total. The zero-order chi connectivity index (χ0) is 20.8. The van der Waals surface area contributed by atoms with Gasteiger partial charge in [-0.3, -0.25) is 19.7 Å². The molecular formula is C21H19ClN2O5. The van der Waals surface area contributed by atoms with Crippen molar-refractivity contribution in [1.82, 2.24) is 4.90 Å². The molecule has 0 aliphatic carbocycles. The molecule has 1 spiro atoms. The van der Waals surface area contributed by atoms with Crippen LogP contribution >= 0.6 is 11.6 Å². The lowest BCUT2D eigenvalue weighted by Gasteiger charge is -2.44. The lowest BCUT2D eigenvalue weighted by atomic mass is 9.82. The number of likely N-dealkylation sites (tertiary alicyclic amines) is 1. The predicted molar refractivity (Wildman–Crippen MR) is 107 cm³/mol. The maximum atomic E-state index is 12.8. The Morgan fingerprint density at radius 1 is 1.21 bits per heavy atom. The molecule has 0 unspecified atom stereocenters. The van der Waals surface area contributed by atoms with Crippen molar-refractivity contribution in [2.45, 2.75) is 31.8 Å². The molecule has 1 fully saturated rings. The lowest BCUT2D eigenvalue weighted by molar-refractivity contribution is -0.384. The van der Waals surface area contributed by atoms with Gasteiger partial charge in [0.2, 0.25) is 0 Å². The number of halogens is 1. The quantitative estimate of drug-likeness (QED) is 0.542. The van der Waals surface area contributed by atoms with Gasteiger partial charge < -0.3 is 9.64 Å². The molecule has 29 heavy (non-hydrogen) atoms.